The molecule has 1 aromatic carbocycles. The van der Waals surface area contributed by atoms with Gasteiger partial charge in [0.1, 0.15) is 11.6 Å². The van der Waals surface area contributed by atoms with Gasteiger partial charge in [0, 0.05) is 29.1 Å². The fourth-order valence-corrected chi connectivity index (χ4v) is 4.03. The van der Waals surface area contributed by atoms with Crippen molar-refractivity contribution in [3.63, 3.8) is 0 Å². The summed E-state index contributed by atoms with van der Waals surface area (Å²) in [7, 11) is 1.82. The number of hydrogen-bond donors (Lipinski definition) is 1. The number of halogens is 1. The van der Waals surface area contributed by atoms with E-state index in [1.54, 1.807) is 10.9 Å². The van der Waals surface area contributed by atoms with Crippen LogP contribution in [0.5, 0.6) is 0 Å². The van der Waals surface area contributed by atoms with Crippen molar-refractivity contribution >= 4 is 35.1 Å². The molecule has 0 radical (unpaired) electrons. The lowest BCUT2D eigenvalue weighted by Crippen LogP contribution is -2.17. The van der Waals surface area contributed by atoms with Crippen molar-refractivity contribution < 1.29 is 9.21 Å². The number of carbonyl (C=O) groups is 1. The van der Waals surface area contributed by atoms with Gasteiger partial charge >= 0.3 is 0 Å². The van der Waals surface area contributed by atoms with Crippen molar-refractivity contribution in [2.75, 3.05) is 11.1 Å². The van der Waals surface area contributed by atoms with E-state index < -0.39 is 0 Å². The maximum absolute atomic E-state index is 12.7. The smallest absolute Gasteiger partial charge is 0.235 e. The van der Waals surface area contributed by atoms with Gasteiger partial charge in [-0.2, -0.15) is 5.10 Å². The van der Waals surface area contributed by atoms with E-state index in [2.05, 4.69) is 41.4 Å². The first-order valence-corrected chi connectivity index (χ1v) is 11.8. The number of hydrogen-bond acceptors (Lipinski definition) is 6. The Hall–Kier alpha value is -3.04. The minimum absolute atomic E-state index is 0.101. The van der Waals surface area contributed by atoms with Gasteiger partial charge in [-0.05, 0) is 36.4 Å². The molecule has 4 aromatic rings. The second-order valence-electron chi connectivity index (χ2n) is 8.60. The van der Waals surface area contributed by atoms with Gasteiger partial charge in [0.25, 0.3) is 0 Å². The van der Waals surface area contributed by atoms with Gasteiger partial charge in [-0.25, -0.2) is 0 Å². The Kier molecular flexibility index (Phi) is 6.62. The number of aromatic nitrogens is 5. The second-order valence-corrected chi connectivity index (χ2v) is 9.98. The molecule has 1 N–H and O–H groups in total. The van der Waals surface area contributed by atoms with Crippen molar-refractivity contribution in [1.82, 2.24) is 24.5 Å². The molecule has 0 aliphatic rings. The number of anilines is 1. The largest absolute Gasteiger partial charge is 0.467 e. The Morgan fingerprint density at radius 3 is 2.58 bits per heavy atom. The van der Waals surface area contributed by atoms with Crippen molar-refractivity contribution in [2.24, 2.45) is 7.05 Å². The van der Waals surface area contributed by atoms with Crippen LogP contribution in [-0.2, 0) is 23.8 Å². The minimum Gasteiger partial charge on any atom is -0.467 e. The fraction of sp³-hybridized carbons (Fsp3) is 0.304. The second kappa shape index (κ2) is 9.44. The van der Waals surface area contributed by atoms with Crippen molar-refractivity contribution in [3.05, 3.63) is 65.2 Å². The summed E-state index contributed by atoms with van der Waals surface area (Å²) in [5.74, 6) is 2.12. The summed E-state index contributed by atoms with van der Waals surface area (Å²) in [6.45, 7) is 6.70. The van der Waals surface area contributed by atoms with Crippen LogP contribution in [-0.4, -0.2) is 36.2 Å². The zero-order valence-corrected chi connectivity index (χ0v) is 20.4. The number of nitrogens with zero attached hydrogens (tertiary/aromatic N) is 5. The zero-order chi connectivity index (χ0) is 23.6. The molecule has 0 saturated heterocycles. The Bertz CT molecular complexity index is 1240. The zero-order valence-electron chi connectivity index (χ0n) is 18.9. The predicted molar refractivity (Wildman–Crippen MR) is 130 cm³/mol. The summed E-state index contributed by atoms with van der Waals surface area (Å²) < 4.78 is 9.14. The number of benzene rings is 1. The van der Waals surface area contributed by atoms with Crippen LogP contribution in [0.1, 0.15) is 32.2 Å². The van der Waals surface area contributed by atoms with Gasteiger partial charge in [-0.15, -0.1) is 10.2 Å². The van der Waals surface area contributed by atoms with Gasteiger partial charge in [0.05, 0.1) is 24.3 Å². The van der Waals surface area contributed by atoms with Gasteiger partial charge in [-0.1, -0.05) is 44.1 Å². The molecule has 172 valence electrons. The summed E-state index contributed by atoms with van der Waals surface area (Å²) in [6.07, 6.45) is 1.63. The van der Waals surface area contributed by atoms with Crippen LogP contribution in [0.25, 0.3) is 11.4 Å². The Balaban J connectivity index is 1.51. The molecule has 8 nitrogen and oxygen atoms in total. The number of amides is 1. The third-order valence-electron chi connectivity index (χ3n) is 4.96. The van der Waals surface area contributed by atoms with Crippen LogP contribution < -0.4 is 5.32 Å². The molecular weight excluding hydrogens is 460 g/mol. The number of rotatable bonds is 7. The number of aryl methyl sites for hydroxylation is 1. The molecule has 0 unspecified atom stereocenters. The molecule has 0 bridgehead atoms. The van der Waals surface area contributed by atoms with E-state index in [1.165, 1.54) is 11.8 Å². The molecule has 0 aliphatic carbocycles. The number of thioether (sulfide) groups is 1. The Morgan fingerprint density at radius 2 is 1.94 bits per heavy atom. The SMILES string of the molecule is Cn1nc(C(C)(C)C)cc1NC(=O)CSc1nnc(-c2ccc(Cl)cc2)n1Cc1ccco1. The topological polar surface area (TPSA) is 90.8 Å². The highest BCUT2D eigenvalue weighted by atomic mass is 35.5. The molecule has 4 rings (SSSR count). The Labute approximate surface area is 201 Å². The van der Waals surface area contributed by atoms with E-state index in [1.807, 2.05) is 54.1 Å². The standard InChI is InChI=1S/C23H25ClN6O2S/c1-23(2,3)18-12-19(29(4)28-18)25-20(31)14-33-22-27-26-21(15-7-9-16(24)10-8-15)30(22)13-17-6-5-11-32-17/h5-12H,13-14H2,1-4H3,(H,25,31). The summed E-state index contributed by atoms with van der Waals surface area (Å²) in [5.41, 5.74) is 1.69. The highest BCUT2D eigenvalue weighted by molar-refractivity contribution is 7.99. The van der Waals surface area contributed by atoms with Crippen molar-refractivity contribution in [3.8, 4) is 11.4 Å². The molecule has 3 heterocycles. The minimum atomic E-state index is -0.149. The van der Waals surface area contributed by atoms with E-state index in [9.17, 15) is 4.79 Å². The van der Waals surface area contributed by atoms with E-state index in [4.69, 9.17) is 16.0 Å². The third kappa shape index (κ3) is 5.48. The first-order chi connectivity index (χ1) is 15.7. The molecule has 10 heteroatoms. The average Bonchev–Trinajstić information content (AvgIpc) is 3.49. The maximum Gasteiger partial charge on any atom is 0.235 e. The fourth-order valence-electron chi connectivity index (χ4n) is 3.17. The number of carbonyl (C=O) groups excluding carboxylic acids is 1. The molecule has 33 heavy (non-hydrogen) atoms. The van der Waals surface area contributed by atoms with E-state index in [0.717, 1.165) is 17.0 Å². The van der Waals surface area contributed by atoms with Crippen molar-refractivity contribution in [1.29, 1.82) is 0 Å². The highest BCUT2D eigenvalue weighted by Gasteiger charge is 2.21. The predicted octanol–water partition coefficient (Wildman–Crippen LogP) is 5.00. The summed E-state index contributed by atoms with van der Waals surface area (Å²) in [6, 6.07) is 13.0. The molecule has 1 amide bonds. The summed E-state index contributed by atoms with van der Waals surface area (Å²) in [5, 5.41) is 17.4. The molecule has 0 spiro atoms. The molecule has 0 atom stereocenters. The maximum atomic E-state index is 12.7. The first-order valence-electron chi connectivity index (χ1n) is 10.4. The molecular formula is C23H25ClN6O2S. The molecule has 0 aliphatic heterocycles. The van der Waals surface area contributed by atoms with Gasteiger partial charge < -0.3 is 9.73 Å². The normalized spacial score (nSPS) is 11.7. The lowest BCUT2D eigenvalue weighted by atomic mass is 9.92. The summed E-state index contributed by atoms with van der Waals surface area (Å²) >= 11 is 7.35. The van der Waals surface area contributed by atoms with E-state index in [-0.39, 0.29) is 17.1 Å². The summed E-state index contributed by atoms with van der Waals surface area (Å²) in [4.78, 5) is 12.7. The lowest BCUT2D eigenvalue weighted by Gasteiger charge is -2.13. The van der Waals surface area contributed by atoms with Gasteiger partial charge in [-0.3, -0.25) is 14.0 Å². The number of nitrogens with one attached hydrogen (secondary N) is 1. The monoisotopic (exact) mass is 484 g/mol. The van der Waals surface area contributed by atoms with Gasteiger partial charge in [0.2, 0.25) is 5.91 Å². The van der Waals surface area contributed by atoms with E-state index >= 15 is 0 Å². The lowest BCUT2D eigenvalue weighted by molar-refractivity contribution is -0.113. The van der Waals surface area contributed by atoms with Crippen LogP contribution in [0.4, 0.5) is 5.82 Å². The average molecular weight is 485 g/mol. The van der Waals surface area contributed by atoms with Crippen LogP contribution in [0.2, 0.25) is 5.02 Å². The van der Waals surface area contributed by atoms with Crippen molar-refractivity contribution in [2.45, 2.75) is 37.9 Å². The molecule has 0 fully saturated rings. The molecule has 0 saturated carbocycles. The quantitative estimate of drug-likeness (QED) is 0.371. The van der Waals surface area contributed by atoms with Crippen LogP contribution in [0.3, 0.4) is 0 Å². The molecule has 3 aromatic heterocycles. The van der Waals surface area contributed by atoms with Crippen LogP contribution in [0, 0.1) is 0 Å². The first kappa shape index (κ1) is 23.1. The van der Waals surface area contributed by atoms with Crippen LogP contribution in [0.15, 0.2) is 58.3 Å². The van der Waals surface area contributed by atoms with Crippen LogP contribution >= 0.6 is 23.4 Å². The third-order valence-corrected chi connectivity index (χ3v) is 6.18. The van der Waals surface area contributed by atoms with E-state index in [0.29, 0.717) is 28.4 Å². The van der Waals surface area contributed by atoms with Gasteiger partial charge in [0.15, 0.2) is 11.0 Å². The Morgan fingerprint density at radius 1 is 1.18 bits per heavy atom. The highest BCUT2D eigenvalue weighted by Crippen LogP contribution is 2.27. The number of furan rings is 1.